The van der Waals surface area contributed by atoms with Crippen molar-refractivity contribution >= 4 is 11.6 Å². The lowest BCUT2D eigenvalue weighted by Gasteiger charge is -2.15. The van der Waals surface area contributed by atoms with Crippen LogP contribution in [0.25, 0.3) is 0 Å². The van der Waals surface area contributed by atoms with E-state index >= 15 is 0 Å². The van der Waals surface area contributed by atoms with Gasteiger partial charge in [-0.05, 0) is 30.3 Å². The monoisotopic (exact) mass is 282 g/mol. The summed E-state index contributed by atoms with van der Waals surface area (Å²) in [6.45, 7) is -0.0233. The first-order valence-electron chi connectivity index (χ1n) is 6.42. The van der Waals surface area contributed by atoms with Crippen LogP contribution < -0.4 is 4.74 Å². The van der Waals surface area contributed by atoms with Crippen molar-refractivity contribution in [3.05, 3.63) is 77.1 Å². The highest BCUT2D eigenvalue weighted by Gasteiger charge is 2.25. The molecule has 2 aromatic carbocycles. The average molecular weight is 282 g/mol. The first-order valence-corrected chi connectivity index (χ1v) is 6.42. The predicted octanol–water partition coefficient (Wildman–Crippen LogP) is 3.21. The average Bonchev–Trinajstić information content (AvgIpc) is 2.51. The molecule has 0 aromatic heterocycles. The van der Waals surface area contributed by atoms with Gasteiger partial charge in [-0.15, -0.1) is 0 Å². The standard InChI is InChI=1S/C17H11FO3/c18-12-5-7-13(8-6-12)21-10-11-9-16(19)14-3-1-2-4-15(14)17(11)20/h1-9H,10H2. The predicted molar refractivity (Wildman–Crippen MR) is 75.1 cm³/mol. The Kier molecular flexibility index (Phi) is 3.36. The molecule has 0 bridgehead atoms. The molecule has 0 amide bonds. The summed E-state index contributed by atoms with van der Waals surface area (Å²) in [5.74, 6) is -0.342. The Bertz CT molecular complexity index is 745. The second-order valence-electron chi connectivity index (χ2n) is 4.65. The quantitative estimate of drug-likeness (QED) is 0.868. The van der Waals surface area contributed by atoms with Gasteiger partial charge in [-0.3, -0.25) is 9.59 Å². The molecule has 3 rings (SSSR count). The molecule has 3 nitrogen and oxygen atoms in total. The summed E-state index contributed by atoms with van der Waals surface area (Å²) in [7, 11) is 0. The van der Waals surface area contributed by atoms with Crippen molar-refractivity contribution in [1.29, 1.82) is 0 Å². The smallest absolute Gasteiger partial charge is 0.193 e. The summed E-state index contributed by atoms with van der Waals surface area (Å²) in [5, 5.41) is 0. The number of ether oxygens (including phenoxy) is 1. The van der Waals surface area contributed by atoms with Gasteiger partial charge in [-0.2, -0.15) is 0 Å². The maximum absolute atomic E-state index is 12.8. The molecule has 2 aromatic rings. The van der Waals surface area contributed by atoms with Crippen molar-refractivity contribution in [3.8, 4) is 5.75 Å². The molecule has 0 unspecified atom stereocenters. The molecule has 0 N–H and O–H groups in total. The van der Waals surface area contributed by atoms with Crippen molar-refractivity contribution in [2.24, 2.45) is 0 Å². The van der Waals surface area contributed by atoms with Crippen LogP contribution in [-0.4, -0.2) is 18.2 Å². The maximum atomic E-state index is 12.8. The number of ketones is 2. The van der Waals surface area contributed by atoms with Crippen molar-refractivity contribution in [2.75, 3.05) is 6.61 Å². The molecule has 0 saturated heterocycles. The molecule has 0 heterocycles. The third-order valence-corrected chi connectivity index (χ3v) is 3.24. The summed E-state index contributed by atoms with van der Waals surface area (Å²) in [4.78, 5) is 24.2. The van der Waals surface area contributed by atoms with E-state index in [4.69, 9.17) is 4.74 Å². The molecular formula is C17H11FO3. The van der Waals surface area contributed by atoms with Crippen LogP contribution in [0, 0.1) is 5.82 Å². The van der Waals surface area contributed by atoms with Crippen LogP contribution in [0.4, 0.5) is 4.39 Å². The third-order valence-electron chi connectivity index (χ3n) is 3.24. The lowest BCUT2D eigenvalue weighted by atomic mass is 9.90. The van der Waals surface area contributed by atoms with E-state index in [1.165, 1.54) is 30.3 Å². The van der Waals surface area contributed by atoms with Gasteiger partial charge in [0.2, 0.25) is 0 Å². The first-order chi connectivity index (χ1) is 10.1. The number of fused-ring (bicyclic) bond motifs is 1. The number of benzene rings is 2. The van der Waals surface area contributed by atoms with Crippen LogP contribution in [0.15, 0.2) is 60.2 Å². The van der Waals surface area contributed by atoms with Gasteiger partial charge in [0.1, 0.15) is 18.2 Å². The van der Waals surface area contributed by atoms with Gasteiger partial charge in [-0.1, -0.05) is 24.3 Å². The normalized spacial score (nSPS) is 13.7. The number of Topliss-reactive ketones (excluding diaryl/α,β-unsaturated/α-hetero) is 1. The Morgan fingerprint density at radius 2 is 1.57 bits per heavy atom. The molecule has 0 aliphatic heterocycles. The Balaban J connectivity index is 1.79. The zero-order valence-corrected chi connectivity index (χ0v) is 11.0. The second-order valence-corrected chi connectivity index (χ2v) is 4.65. The lowest BCUT2D eigenvalue weighted by molar-refractivity contribution is 0.0974. The van der Waals surface area contributed by atoms with Crippen molar-refractivity contribution in [2.45, 2.75) is 0 Å². The topological polar surface area (TPSA) is 43.4 Å². The zero-order chi connectivity index (χ0) is 14.8. The third kappa shape index (κ3) is 2.60. The summed E-state index contributed by atoms with van der Waals surface area (Å²) in [6, 6.07) is 12.2. The molecule has 0 saturated carbocycles. The Morgan fingerprint density at radius 3 is 2.29 bits per heavy atom. The molecule has 1 aliphatic rings. The van der Waals surface area contributed by atoms with Gasteiger partial charge in [-0.25, -0.2) is 4.39 Å². The lowest BCUT2D eigenvalue weighted by Crippen LogP contribution is -2.20. The number of carbonyl (C=O) groups excluding carboxylic acids is 2. The fourth-order valence-corrected chi connectivity index (χ4v) is 2.17. The highest BCUT2D eigenvalue weighted by Crippen LogP contribution is 2.22. The number of carbonyl (C=O) groups is 2. The number of halogens is 1. The summed E-state index contributed by atoms with van der Waals surface area (Å²) < 4.78 is 18.2. The first kappa shape index (κ1) is 13.2. The number of hydrogen-bond acceptors (Lipinski definition) is 3. The Hall–Kier alpha value is -2.75. The van der Waals surface area contributed by atoms with Gasteiger partial charge in [0, 0.05) is 16.7 Å². The molecule has 0 spiro atoms. The summed E-state index contributed by atoms with van der Waals surface area (Å²) in [5.41, 5.74) is 1.10. The summed E-state index contributed by atoms with van der Waals surface area (Å²) in [6.07, 6.45) is 1.30. The molecule has 0 atom stereocenters. The highest BCUT2D eigenvalue weighted by atomic mass is 19.1. The molecule has 1 aliphatic carbocycles. The van der Waals surface area contributed by atoms with Crippen LogP contribution in [-0.2, 0) is 0 Å². The second kappa shape index (κ2) is 5.32. The number of rotatable bonds is 3. The van der Waals surface area contributed by atoms with E-state index in [9.17, 15) is 14.0 Å². The van der Waals surface area contributed by atoms with E-state index in [-0.39, 0.29) is 24.0 Å². The molecule has 21 heavy (non-hydrogen) atoms. The fourth-order valence-electron chi connectivity index (χ4n) is 2.17. The van der Waals surface area contributed by atoms with E-state index in [1.807, 2.05) is 0 Å². The Labute approximate surface area is 120 Å². The van der Waals surface area contributed by atoms with Crippen molar-refractivity contribution in [1.82, 2.24) is 0 Å². The minimum Gasteiger partial charge on any atom is -0.489 e. The SMILES string of the molecule is O=C1C=C(COc2ccc(F)cc2)C(=O)c2ccccc21. The van der Waals surface area contributed by atoms with Crippen LogP contribution in [0.2, 0.25) is 0 Å². The largest absolute Gasteiger partial charge is 0.489 e. The van der Waals surface area contributed by atoms with E-state index in [0.717, 1.165) is 0 Å². The maximum Gasteiger partial charge on any atom is 0.193 e. The molecule has 0 fully saturated rings. The molecule has 0 radical (unpaired) electrons. The molecule has 4 heteroatoms. The van der Waals surface area contributed by atoms with Crippen LogP contribution in [0.3, 0.4) is 0 Å². The van der Waals surface area contributed by atoms with Crippen molar-refractivity contribution in [3.63, 3.8) is 0 Å². The zero-order valence-electron chi connectivity index (χ0n) is 11.0. The fraction of sp³-hybridized carbons (Fsp3) is 0.0588. The van der Waals surface area contributed by atoms with E-state index in [1.54, 1.807) is 24.3 Å². The van der Waals surface area contributed by atoms with Gasteiger partial charge < -0.3 is 4.74 Å². The van der Waals surface area contributed by atoms with Gasteiger partial charge >= 0.3 is 0 Å². The van der Waals surface area contributed by atoms with Crippen LogP contribution >= 0.6 is 0 Å². The van der Waals surface area contributed by atoms with E-state index in [0.29, 0.717) is 22.4 Å². The van der Waals surface area contributed by atoms with Crippen LogP contribution in [0.1, 0.15) is 20.7 Å². The van der Waals surface area contributed by atoms with Crippen molar-refractivity contribution < 1.29 is 18.7 Å². The molecule has 104 valence electrons. The van der Waals surface area contributed by atoms with E-state index < -0.39 is 0 Å². The van der Waals surface area contributed by atoms with Crippen LogP contribution in [0.5, 0.6) is 5.75 Å². The van der Waals surface area contributed by atoms with Gasteiger partial charge in [0.25, 0.3) is 0 Å². The Morgan fingerprint density at radius 1 is 0.905 bits per heavy atom. The molecular weight excluding hydrogens is 271 g/mol. The number of allylic oxidation sites excluding steroid dienone is 1. The number of hydrogen-bond donors (Lipinski definition) is 0. The van der Waals surface area contributed by atoms with Gasteiger partial charge in [0.15, 0.2) is 11.6 Å². The summed E-state index contributed by atoms with van der Waals surface area (Å²) >= 11 is 0. The van der Waals surface area contributed by atoms with Gasteiger partial charge in [0.05, 0.1) is 0 Å². The minimum absolute atomic E-state index is 0.0233. The minimum atomic E-state index is -0.362. The highest BCUT2D eigenvalue weighted by molar-refractivity contribution is 6.24. The van der Waals surface area contributed by atoms with E-state index in [2.05, 4.69) is 0 Å².